The van der Waals surface area contributed by atoms with Crippen molar-refractivity contribution in [2.45, 2.75) is 12.7 Å². The maximum absolute atomic E-state index is 13.1. The molecule has 0 N–H and O–H groups in total. The highest BCUT2D eigenvalue weighted by atomic mass is 19.4. The molecule has 0 spiro atoms. The predicted molar refractivity (Wildman–Crippen MR) is 105 cm³/mol. The zero-order valence-electron chi connectivity index (χ0n) is 16.3. The van der Waals surface area contributed by atoms with Crippen LogP contribution in [0.25, 0.3) is 0 Å². The average Bonchev–Trinajstić information content (AvgIpc) is 2.76. The Morgan fingerprint density at radius 1 is 0.903 bits per heavy atom. The fourth-order valence-electron chi connectivity index (χ4n) is 3.29. The van der Waals surface area contributed by atoms with Crippen LogP contribution in [-0.2, 0) is 12.7 Å². The van der Waals surface area contributed by atoms with E-state index in [1.54, 1.807) is 12.1 Å². The third kappa shape index (κ3) is 4.81. The van der Waals surface area contributed by atoms with Crippen molar-refractivity contribution < 1.29 is 17.6 Å². The first-order valence-electron chi connectivity index (χ1n) is 9.51. The quantitative estimate of drug-likeness (QED) is 0.588. The van der Waals surface area contributed by atoms with Crippen LogP contribution in [0.1, 0.15) is 11.3 Å². The Morgan fingerprint density at radius 2 is 1.58 bits per heavy atom. The van der Waals surface area contributed by atoms with Crippen molar-refractivity contribution in [3.8, 4) is 0 Å². The second kappa shape index (κ2) is 8.32. The topological polar surface area (TPSA) is 67.2 Å². The number of hydrogen-bond acceptors (Lipinski definition) is 6. The van der Waals surface area contributed by atoms with Gasteiger partial charge in [-0.15, -0.1) is 0 Å². The summed E-state index contributed by atoms with van der Waals surface area (Å²) in [6, 6.07) is 8.41. The molecule has 1 aliphatic rings. The van der Waals surface area contributed by atoms with Crippen LogP contribution in [0.2, 0.25) is 0 Å². The molecule has 1 aliphatic heterocycles. The highest BCUT2D eigenvalue weighted by molar-refractivity contribution is 5.48. The summed E-state index contributed by atoms with van der Waals surface area (Å²) in [6.07, 6.45) is -2.42. The lowest BCUT2D eigenvalue weighted by atomic mass is 10.2. The van der Waals surface area contributed by atoms with Gasteiger partial charge < -0.3 is 9.80 Å². The van der Waals surface area contributed by atoms with Crippen LogP contribution >= 0.6 is 0 Å². The van der Waals surface area contributed by atoms with Crippen molar-refractivity contribution in [3.05, 3.63) is 76.5 Å². The number of anilines is 2. The average molecular weight is 434 g/mol. The Labute approximate surface area is 174 Å². The van der Waals surface area contributed by atoms with Gasteiger partial charge in [0.1, 0.15) is 12.1 Å². The molecule has 0 saturated carbocycles. The van der Waals surface area contributed by atoms with Gasteiger partial charge in [-0.1, -0.05) is 0 Å². The van der Waals surface area contributed by atoms with E-state index in [2.05, 4.69) is 19.9 Å². The van der Waals surface area contributed by atoms with Crippen LogP contribution in [0.4, 0.5) is 29.2 Å². The van der Waals surface area contributed by atoms with Crippen molar-refractivity contribution in [2.24, 2.45) is 0 Å². The minimum absolute atomic E-state index is 0.0321. The number of benzene rings is 1. The van der Waals surface area contributed by atoms with Crippen LogP contribution in [-0.4, -0.2) is 45.7 Å². The third-order valence-corrected chi connectivity index (χ3v) is 4.99. The lowest BCUT2D eigenvalue weighted by Gasteiger charge is -2.36. The Bertz CT molecular complexity index is 1090. The molecule has 0 unspecified atom stereocenters. The monoisotopic (exact) mass is 434 g/mol. The van der Waals surface area contributed by atoms with Crippen LogP contribution in [0, 0.1) is 5.82 Å². The number of hydrogen-bond donors (Lipinski definition) is 0. The van der Waals surface area contributed by atoms with Crippen LogP contribution in [0.5, 0.6) is 0 Å². The van der Waals surface area contributed by atoms with Crippen molar-refractivity contribution >= 4 is 11.6 Å². The van der Waals surface area contributed by atoms with Gasteiger partial charge in [-0.25, -0.2) is 14.2 Å². The fourth-order valence-corrected chi connectivity index (χ4v) is 3.29. The van der Waals surface area contributed by atoms with Gasteiger partial charge >= 0.3 is 11.9 Å². The number of nitrogens with zero attached hydrogens (tertiary/aromatic N) is 6. The van der Waals surface area contributed by atoms with Gasteiger partial charge in [-0.2, -0.15) is 18.2 Å². The van der Waals surface area contributed by atoms with E-state index < -0.39 is 17.4 Å². The normalized spacial score (nSPS) is 14.7. The Balaban J connectivity index is 1.40. The van der Waals surface area contributed by atoms with Gasteiger partial charge in [0.05, 0.1) is 17.8 Å². The number of pyridine rings is 1. The molecular formula is C20H18F4N6O. The van der Waals surface area contributed by atoms with Gasteiger partial charge in [0.2, 0.25) is 5.95 Å². The molecule has 3 heterocycles. The zero-order valence-corrected chi connectivity index (χ0v) is 16.3. The number of aromatic nitrogens is 4. The van der Waals surface area contributed by atoms with E-state index in [1.165, 1.54) is 29.1 Å². The zero-order chi connectivity index (χ0) is 22.0. The van der Waals surface area contributed by atoms with Gasteiger partial charge in [-0.3, -0.25) is 9.55 Å². The lowest BCUT2D eigenvalue weighted by molar-refractivity contribution is -0.137. The first kappa shape index (κ1) is 20.8. The molecule has 0 amide bonds. The summed E-state index contributed by atoms with van der Waals surface area (Å²) in [5.41, 5.74) is -0.205. The minimum atomic E-state index is -4.46. The SMILES string of the molecule is O=c1nc(N2CCN(c3ccc(F)cc3)CC2)ncn1Cc1ccc(C(F)(F)F)cn1. The molecule has 31 heavy (non-hydrogen) atoms. The van der Waals surface area contributed by atoms with E-state index in [9.17, 15) is 22.4 Å². The number of halogens is 4. The van der Waals surface area contributed by atoms with E-state index in [4.69, 9.17) is 0 Å². The standard InChI is InChI=1S/C20H18F4N6O/c21-15-2-5-17(6-3-15)28-7-9-29(10-8-28)18-26-13-30(19(31)27-18)12-16-4-1-14(11-25-16)20(22,23)24/h1-6,11,13H,7-10,12H2. The maximum atomic E-state index is 13.1. The molecule has 1 saturated heterocycles. The minimum Gasteiger partial charge on any atom is -0.368 e. The summed E-state index contributed by atoms with van der Waals surface area (Å²) < 4.78 is 52.2. The van der Waals surface area contributed by atoms with Gasteiger partial charge in [0.25, 0.3) is 0 Å². The lowest BCUT2D eigenvalue weighted by Crippen LogP contribution is -2.47. The predicted octanol–water partition coefficient (Wildman–Crippen LogP) is 2.57. The van der Waals surface area contributed by atoms with E-state index in [-0.39, 0.29) is 12.4 Å². The summed E-state index contributed by atoms with van der Waals surface area (Å²) >= 11 is 0. The van der Waals surface area contributed by atoms with Crippen LogP contribution in [0.3, 0.4) is 0 Å². The van der Waals surface area contributed by atoms with E-state index in [1.807, 2.05) is 4.90 Å². The van der Waals surface area contributed by atoms with Gasteiger partial charge in [-0.05, 0) is 36.4 Å². The van der Waals surface area contributed by atoms with E-state index in [0.717, 1.165) is 18.0 Å². The summed E-state index contributed by atoms with van der Waals surface area (Å²) in [5.74, 6) is 0.00299. The van der Waals surface area contributed by atoms with Crippen LogP contribution in [0.15, 0.2) is 53.7 Å². The van der Waals surface area contributed by atoms with Crippen molar-refractivity contribution in [2.75, 3.05) is 36.0 Å². The van der Waals surface area contributed by atoms with Crippen LogP contribution < -0.4 is 15.5 Å². The van der Waals surface area contributed by atoms with Crippen molar-refractivity contribution in [1.82, 2.24) is 19.5 Å². The number of alkyl halides is 3. The summed E-state index contributed by atoms with van der Waals surface area (Å²) in [6.45, 7) is 2.46. The third-order valence-electron chi connectivity index (χ3n) is 4.99. The molecule has 7 nitrogen and oxygen atoms in total. The fraction of sp³-hybridized carbons (Fsp3) is 0.300. The largest absolute Gasteiger partial charge is 0.417 e. The van der Waals surface area contributed by atoms with Crippen molar-refractivity contribution in [3.63, 3.8) is 0 Å². The summed E-state index contributed by atoms with van der Waals surface area (Å²) in [5, 5.41) is 0. The molecule has 162 valence electrons. The molecule has 11 heteroatoms. The molecule has 2 aromatic heterocycles. The molecule has 0 aliphatic carbocycles. The molecule has 3 aromatic rings. The number of rotatable bonds is 4. The Hall–Kier alpha value is -3.50. The summed E-state index contributed by atoms with van der Waals surface area (Å²) in [7, 11) is 0. The molecule has 4 rings (SSSR count). The first-order valence-corrected chi connectivity index (χ1v) is 9.51. The summed E-state index contributed by atoms with van der Waals surface area (Å²) in [4.78, 5) is 28.3. The van der Waals surface area contributed by atoms with E-state index >= 15 is 0 Å². The first-order chi connectivity index (χ1) is 14.8. The smallest absolute Gasteiger partial charge is 0.368 e. The van der Waals surface area contributed by atoms with E-state index in [0.29, 0.717) is 37.8 Å². The van der Waals surface area contributed by atoms with Crippen molar-refractivity contribution in [1.29, 1.82) is 0 Å². The second-order valence-corrected chi connectivity index (χ2v) is 7.05. The Kier molecular flexibility index (Phi) is 5.57. The molecular weight excluding hydrogens is 416 g/mol. The highest BCUT2D eigenvalue weighted by Crippen LogP contribution is 2.28. The molecule has 0 radical (unpaired) electrons. The molecule has 1 fully saturated rings. The second-order valence-electron chi connectivity index (χ2n) is 7.05. The van der Waals surface area contributed by atoms with Gasteiger partial charge in [0.15, 0.2) is 0 Å². The Morgan fingerprint density at radius 3 is 2.16 bits per heavy atom. The maximum Gasteiger partial charge on any atom is 0.417 e. The molecule has 0 atom stereocenters. The number of piperazine rings is 1. The highest BCUT2D eigenvalue weighted by Gasteiger charge is 2.30. The molecule has 1 aromatic carbocycles. The molecule has 0 bridgehead atoms. The van der Waals surface area contributed by atoms with Gasteiger partial charge in [0, 0.05) is 38.1 Å².